The highest BCUT2D eigenvalue weighted by Crippen LogP contribution is 2.42. The van der Waals surface area contributed by atoms with Crippen LogP contribution in [-0.2, 0) is 10.2 Å². The molecule has 4 fully saturated rings. The van der Waals surface area contributed by atoms with Crippen LogP contribution in [0.4, 0.5) is 10.2 Å². The summed E-state index contributed by atoms with van der Waals surface area (Å²) in [6.45, 7) is 17.5. The van der Waals surface area contributed by atoms with E-state index in [9.17, 15) is 17.6 Å². The number of piperidine rings is 1. The van der Waals surface area contributed by atoms with E-state index in [1.807, 2.05) is 34.6 Å². The Bertz CT molecular complexity index is 1560. The van der Waals surface area contributed by atoms with Crippen molar-refractivity contribution in [1.82, 2.24) is 33.7 Å². The first kappa shape index (κ1) is 37.6. The third-order valence-corrected chi connectivity index (χ3v) is 12.6. The second-order valence-electron chi connectivity index (χ2n) is 14.7. The number of ether oxygens (including phenoxy) is 1. The third-order valence-electron chi connectivity index (χ3n) is 10.5. The van der Waals surface area contributed by atoms with E-state index in [4.69, 9.17) is 4.74 Å². The van der Waals surface area contributed by atoms with Gasteiger partial charge in [-0.3, -0.25) is 4.79 Å². The van der Waals surface area contributed by atoms with Crippen LogP contribution in [0.3, 0.4) is 0 Å². The Morgan fingerprint density at radius 3 is 2.49 bits per heavy atom. The lowest BCUT2D eigenvalue weighted by Gasteiger charge is -2.54. The van der Waals surface area contributed by atoms with Gasteiger partial charge in [-0.2, -0.15) is 17.0 Å². The highest BCUT2D eigenvalue weighted by Gasteiger charge is 2.48. The number of nitrogens with zero attached hydrogens (tertiary/aromatic N) is 7. The number of rotatable bonds is 10. The highest BCUT2D eigenvalue weighted by atomic mass is 35.5. The Balaban J connectivity index is 0.00000468. The molecule has 0 bridgehead atoms. The number of hydrogen-bond acceptors (Lipinski definition) is 9. The Labute approximate surface area is 297 Å². The maximum absolute atomic E-state index is 14.4. The van der Waals surface area contributed by atoms with Gasteiger partial charge in [-0.1, -0.05) is 0 Å². The first-order valence-electron chi connectivity index (χ1n) is 17.4. The van der Waals surface area contributed by atoms with Gasteiger partial charge < -0.3 is 24.8 Å². The molecular formula is C34H52ClFN8O4S. The van der Waals surface area contributed by atoms with Gasteiger partial charge >= 0.3 is 0 Å². The van der Waals surface area contributed by atoms with Gasteiger partial charge in [0.15, 0.2) is 11.6 Å². The molecule has 49 heavy (non-hydrogen) atoms. The summed E-state index contributed by atoms with van der Waals surface area (Å²) >= 11 is 0. The lowest BCUT2D eigenvalue weighted by Crippen LogP contribution is -2.63. The summed E-state index contributed by atoms with van der Waals surface area (Å²) in [6, 6.07) is 3.87. The number of carbonyl (C=O) groups is 1. The predicted octanol–water partition coefficient (Wildman–Crippen LogP) is 3.85. The van der Waals surface area contributed by atoms with Crippen LogP contribution in [0.1, 0.15) is 64.2 Å². The van der Waals surface area contributed by atoms with Crippen molar-refractivity contribution in [3.05, 3.63) is 42.1 Å². The number of aromatic nitrogens is 2. The number of benzene rings is 1. The average molecular weight is 723 g/mol. The van der Waals surface area contributed by atoms with Crippen molar-refractivity contribution in [2.75, 3.05) is 70.3 Å². The van der Waals surface area contributed by atoms with Crippen LogP contribution in [0.5, 0.6) is 11.5 Å². The van der Waals surface area contributed by atoms with Crippen molar-refractivity contribution in [3.63, 3.8) is 0 Å². The van der Waals surface area contributed by atoms with Crippen molar-refractivity contribution in [2.45, 2.75) is 72.0 Å². The van der Waals surface area contributed by atoms with Crippen molar-refractivity contribution >= 4 is 34.3 Å². The van der Waals surface area contributed by atoms with Gasteiger partial charge in [0, 0.05) is 83.6 Å². The topological polar surface area (TPSA) is 114 Å². The van der Waals surface area contributed by atoms with E-state index < -0.39 is 16.0 Å². The normalized spacial score (nSPS) is 23.5. The first-order chi connectivity index (χ1) is 22.9. The van der Waals surface area contributed by atoms with E-state index in [0.717, 1.165) is 52.0 Å². The predicted molar refractivity (Wildman–Crippen MR) is 190 cm³/mol. The van der Waals surface area contributed by atoms with E-state index >= 15 is 0 Å². The molecule has 1 N–H and O–H groups in total. The van der Waals surface area contributed by atoms with Crippen molar-refractivity contribution in [1.29, 1.82) is 0 Å². The van der Waals surface area contributed by atoms with E-state index in [-0.39, 0.29) is 53.2 Å². The molecule has 1 aromatic carbocycles. The number of likely N-dealkylation sites (tertiary alicyclic amines) is 1. The summed E-state index contributed by atoms with van der Waals surface area (Å²) in [6.07, 6.45) is 5.92. The second kappa shape index (κ2) is 15.3. The van der Waals surface area contributed by atoms with E-state index in [1.54, 1.807) is 19.7 Å². The molecule has 0 radical (unpaired) electrons. The fourth-order valence-electron chi connectivity index (χ4n) is 8.09. The molecule has 12 nitrogen and oxygen atoms in total. The van der Waals surface area contributed by atoms with Crippen LogP contribution in [0.2, 0.25) is 0 Å². The number of amides is 1. The zero-order chi connectivity index (χ0) is 34.2. The van der Waals surface area contributed by atoms with Gasteiger partial charge in [0.1, 0.15) is 17.9 Å². The zero-order valence-electron chi connectivity index (χ0n) is 29.3. The molecule has 1 spiro atoms. The third kappa shape index (κ3) is 7.99. The number of anilines is 1. The van der Waals surface area contributed by atoms with Crippen LogP contribution >= 0.6 is 12.4 Å². The molecule has 1 amide bonds. The Morgan fingerprint density at radius 1 is 1.10 bits per heavy atom. The fourth-order valence-corrected chi connectivity index (χ4v) is 9.88. The van der Waals surface area contributed by atoms with Gasteiger partial charge in [0.05, 0.1) is 11.8 Å². The molecule has 0 saturated carbocycles. The molecule has 4 aliphatic heterocycles. The van der Waals surface area contributed by atoms with Crippen LogP contribution < -0.4 is 15.0 Å². The maximum Gasteiger partial charge on any atom is 0.282 e. The fraction of sp³-hybridized carbons (Fsp3) is 0.676. The smallest absolute Gasteiger partial charge is 0.282 e. The second-order valence-corrected chi connectivity index (χ2v) is 16.6. The molecule has 1 aromatic heterocycles. The lowest BCUT2D eigenvalue weighted by molar-refractivity contribution is -0.0414. The summed E-state index contributed by atoms with van der Waals surface area (Å²) in [5.74, 6) is 1.02. The van der Waals surface area contributed by atoms with Crippen LogP contribution in [0.25, 0.3) is 0 Å². The molecule has 6 rings (SSSR count). The van der Waals surface area contributed by atoms with Gasteiger partial charge in [0.25, 0.3) is 16.1 Å². The van der Waals surface area contributed by atoms with Gasteiger partial charge in [-0.25, -0.2) is 14.4 Å². The Hall–Kier alpha value is -2.62. The Morgan fingerprint density at radius 2 is 1.82 bits per heavy atom. The summed E-state index contributed by atoms with van der Waals surface area (Å²) in [4.78, 5) is 28.8. The summed E-state index contributed by atoms with van der Waals surface area (Å²) in [5.41, 5.74) is 0.373. The highest BCUT2D eigenvalue weighted by molar-refractivity contribution is 7.86. The van der Waals surface area contributed by atoms with Gasteiger partial charge in [-0.05, 0) is 83.4 Å². The molecule has 15 heteroatoms. The largest absolute Gasteiger partial charge is 0.451 e. The molecular weight excluding hydrogens is 671 g/mol. The minimum absolute atomic E-state index is 0. The average Bonchev–Trinajstić information content (AvgIpc) is 3.49. The number of carbonyl (C=O) groups excluding carboxylic acids is 1. The first-order valence-corrected chi connectivity index (χ1v) is 18.8. The van der Waals surface area contributed by atoms with E-state index in [2.05, 4.69) is 25.1 Å². The zero-order valence-corrected chi connectivity index (χ0v) is 31.0. The monoisotopic (exact) mass is 722 g/mol. The molecule has 272 valence electrons. The van der Waals surface area contributed by atoms with Gasteiger partial charge in [-0.15, -0.1) is 12.4 Å². The van der Waals surface area contributed by atoms with Crippen molar-refractivity contribution < 1.29 is 22.3 Å². The molecule has 2 atom stereocenters. The van der Waals surface area contributed by atoms with Crippen molar-refractivity contribution in [2.24, 2.45) is 11.3 Å². The van der Waals surface area contributed by atoms with E-state index in [0.29, 0.717) is 50.2 Å². The molecule has 4 saturated heterocycles. The Kier molecular flexibility index (Phi) is 11.8. The minimum atomic E-state index is -3.43. The quantitative estimate of drug-likeness (QED) is 0.391. The van der Waals surface area contributed by atoms with Crippen LogP contribution in [0.15, 0.2) is 30.7 Å². The standard InChI is InChI=1S/C34H51FN8O4S.ClH/c1-24(2)43(25(3)4)33(44)29-16-28(35)6-7-30(29)47-31-18-37-23-38-32(31)40-12-8-27(20-40)19-39-21-34(22-39)9-13-41(14-10-34)48(45,46)42-15-11-36-17-26(42)5;/h6-7,16,18,23-27,36H,8-15,17,19-22H2,1-5H3;1H/t26-,27-;/m0./s1. The number of halogens is 2. The molecule has 0 aliphatic carbocycles. The SMILES string of the molecule is CC(C)N(C(=O)c1cc(F)ccc1Oc1cncnc1N1CC[C@@H](CN2CC3(CCN(S(=O)(=O)N4CCNC[C@@H]4C)CC3)C2)C1)C(C)C.Cl. The van der Waals surface area contributed by atoms with E-state index in [1.165, 1.54) is 24.5 Å². The maximum atomic E-state index is 14.4. The molecule has 0 unspecified atom stereocenters. The minimum Gasteiger partial charge on any atom is -0.451 e. The molecule has 5 heterocycles. The summed E-state index contributed by atoms with van der Waals surface area (Å²) in [5, 5.41) is 3.28. The molecule has 2 aromatic rings. The summed E-state index contributed by atoms with van der Waals surface area (Å²) in [7, 11) is -3.43. The number of piperazine rings is 1. The number of nitrogens with one attached hydrogen (secondary N) is 1. The lowest BCUT2D eigenvalue weighted by atomic mass is 9.72. The van der Waals surface area contributed by atoms with Crippen molar-refractivity contribution in [3.8, 4) is 11.5 Å². The summed E-state index contributed by atoms with van der Waals surface area (Å²) < 4.78 is 50.7. The van der Waals surface area contributed by atoms with Crippen LogP contribution in [0, 0.1) is 17.2 Å². The van der Waals surface area contributed by atoms with Gasteiger partial charge in [0.2, 0.25) is 0 Å². The van der Waals surface area contributed by atoms with Crippen LogP contribution in [-0.4, -0.2) is 126 Å². The number of hydrogen-bond donors (Lipinski definition) is 1. The molecule has 4 aliphatic rings.